The van der Waals surface area contributed by atoms with Crippen molar-refractivity contribution in [3.05, 3.63) is 53.1 Å². The highest BCUT2D eigenvalue weighted by Crippen LogP contribution is 2.30. The Kier molecular flexibility index (Phi) is 3.80. The predicted octanol–water partition coefficient (Wildman–Crippen LogP) is 2.17. The number of carbonyl (C=O) groups excluding carboxylic acids is 1. The summed E-state index contributed by atoms with van der Waals surface area (Å²) in [5, 5.41) is 9.11. The van der Waals surface area contributed by atoms with E-state index in [0.29, 0.717) is 5.56 Å². The molecule has 0 aliphatic rings. The zero-order valence-corrected chi connectivity index (χ0v) is 11.3. The third kappa shape index (κ3) is 2.94. The van der Waals surface area contributed by atoms with E-state index in [1.165, 1.54) is 12.1 Å². The van der Waals surface area contributed by atoms with E-state index in [9.17, 15) is 9.59 Å². The van der Waals surface area contributed by atoms with Gasteiger partial charge in [0.1, 0.15) is 11.5 Å². The minimum atomic E-state index is -1.15. The van der Waals surface area contributed by atoms with E-state index in [4.69, 9.17) is 21.3 Å². The van der Waals surface area contributed by atoms with Crippen molar-refractivity contribution < 1.29 is 19.4 Å². The minimum absolute atomic E-state index is 0.0541. The molecule has 0 fully saturated rings. The van der Waals surface area contributed by atoms with E-state index >= 15 is 0 Å². The molecule has 0 heterocycles. The van der Waals surface area contributed by atoms with Crippen LogP contribution in [0.4, 0.5) is 5.69 Å². The van der Waals surface area contributed by atoms with Crippen LogP contribution in [0.25, 0.3) is 0 Å². The maximum atomic E-state index is 11.3. The molecule has 2 aromatic rings. The maximum absolute atomic E-state index is 11.3. The molecule has 6 heteroatoms. The van der Waals surface area contributed by atoms with Crippen LogP contribution in [0.2, 0.25) is 0 Å². The second-order valence-corrected chi connectivity index (χ2v) is 4.47. The molecule has 108 valence electrons. The lowest BCUT2D eigenvalue weighted by atomic mass is 10.1. The van der Waals surface area contributed by atoms with E-state index in [2.05, 4.69) is 0 Å². The van der Waals surface area contributed by atoms with Gasteiger partial charge in [0.2, 0.25) is 0 Å². The first-order valence-electron chi connectivity index (χ1n) is 6.10. The number of carboxylic acids is 1. The summed E-state index contributed by atoms with van der Waals surface area (Å²) in [5.41, 5.74) is 11.9. The van der Waals surface area contributed by atoms with E-state index in [-0.39, 0.29) is 28.3 Å². The molecule has 0 spiro atoms. The molecule has 0 aliphatic heterocycles. The number of primary amides is 1. The molecular formula is C15H14N2O4. The van der Waals surface area contributed by atoms with Crippen LogP contribution in [0.1, 0.15) is 26.3 Å². The Hall–Kier alpha value is -3.02. The number of ether oxygens (including phenoxy) is 1. The molecule has 5 N–H and O–H groups in total. The topological polar surface area (TPSA) is 116 Å². The fourth-order valence-corrected chi connectivity index (χ4v) is 1.89. The molecule has 0 unspecified atom stereocenters. The van der Waals surface area contributed by atoms with Gasteiger partial charge in [-0.25, -0.2) is 4.79 Å². The molecule has 0 saturated heterocycles. The number of carbonyl (C=O) groups is 2. The Morgan fingerprint density at radius 2 is 1.81 bits per heavy atom. The van der Waals surface area contributed by atoms with Gasteiger partial charge in [0.25, 0.3) is 5.91 Å². The van der Waals surface area contributed by atoms with E-state index in [0.717, 1.165) is 0 Å². The van der Waals surface area contributed by atoms with E-state index < -0.39 is 11.9 Å². The van der Waals surface area contributed by atoms with Crippen LogP contribution in [0.5, 0.6) is 11.5 Å². The smallest absolute Gasteiger partial charge is 0.337 e. The highest BCUT2D eigenvalue weighted by molar-refractivity contribution is 5.96. The summed E-state index contributed by atoms with van der Waals surface area (Å²) < 4.78 is 5.58. The van der Waals surface area contributed by atoms with Gasteiger partial charge in [-0.15, -0.1) is 0 Å². The highest BCUT2D eigenvalue weighted by atomic mass is 16.5. The van der Waals surface area contributed by atoms with Gasteiger partial charge in [0, 0.05) is 5.69 Å². The molecular weight excluding hydrogens is 272 g/mol. The summed E-state index contributed by atoms with van der Waals surface area (Å²) in [6, 6.07) is 9.35. The van der Waals surface area contributed by atoms with Crippen molar-refractivity contribution in [2.24, 2.45) is 5.73 Å². The molecule has 0 aromatic heterocycles. The van der Waals surface area contributed by atoms with Crippen LogP contribution < -0.4 is 16.2 Å². The quantitative estimate of drug-likeness (QED) is 0.745. The van der Waals surface area contributed by atoms with Gasteiger partial charge in [-0.1, -0.05) is 12.1 Å². The van der Waals surface area contributed by atoms with Gasteiger partial charge in [0.05, 0.1) is 11.1 Å². The number of hydrogen-bond acceptors (Lipinski definition) is 4. The summed E-state index contributed by atoms with van der Waals surface area (Å²) in [5.74, 6) is -1.25. The summed E-state index contributed by atoms with van der Waals surface area (Å²) in [4.78, 5) is 22.5. The van der Waals surface area contributed by atoms with Crippen LogP contribution in [-0.4, -0.2) is 17.0 Å². The SMILES string of the molecule is Cc1cc(Oc2ccccc2C(N)=O)cc(C(=O)O)c1N. The molecule has 0 atom stereocenters. The molecule has 21 heavy (non-hydrogen) atoms. The number of benzene rings is 2. The molecule has 0 radical (unpaired) electrons. The van der Waals surface area contributed by atoms with Crippen LogP contribution >= 0.6 is 0 Å². The monoisotopic (exact) mass is 286 g/mol. The zero-order valence-electron chi connectivity index (χ0n) is 11.3. The summed E-state index contributed by atoms with van der Waals surface area (Å²) in [6.45, 7) is 1.68. The second kappa shape index (κ2) is 5.54. The van der Waals surface area contributed by atoms with Crippen molar-refractivity contribution in [3.8, 4) is 11.5 Å². The van der Waals surface area contributed by atoms with E-state index in [1.54, 1.807) is 31.2 Å². The number of amides is 1. The van der Waals surface area contributed by atoms with Crippen LogP contribution in [0.3, 0.4) is 0 Å². The van der Waals surface area contributed by atoms with Gasteiger partial charge in [0.15, 0.2) is 0 Å². The fraction of sp³-hybridized carbons (Fsp3) is 0.0667. The third-order valence-corrected chi connectivity index (χ3v) is 2.97. The highest BCUT2D eigenvalue weighted by Gasteiger charge is 2.14. The Labute approximate surface area is 120 Å². The first-order valence-corrected chi connectivity index (χ1v) is 6.10. The van der Waals surface area contributed by atoms with Crippen molar-refractivity contribution in [2.75, 3.05) is 5.73 Å². The molecule has 0 saturated carbocycles. The average Bonchev–Trinajstić information content (AvgIpc) is 2.42. The third-order valence-electron chi connectivity index (χ3n) is 2.97. The lowest BCUT2D eigenvalue weighted by molar-refractivity contribution is 0.0697. The van der Waals surface area contributed by atoms with Gasteiger partial charge in [-0.05, 0) is 36.8 Å². The van der Waals surface area contributed by atoms with Crippen molar-refractivity contribution in [1.29, 1.82) is 0 Å². The zero-order chi connectivity index (χ0) is 15.6. The number of aryl methyl sites for hydroxylation is 1. The number of para-hydroxylation sites is 1. The predicted molar refractivity (Wildman–Crippen MR) is 77.6 cm³/mol. The van der Waals surface area contributed by atoms with E-state index in [1.807, 2.05) is 0 Å². The van der Waals surface area contributed by atoms with Gasteiger partial charge >= 0.3 is 5.97 Å². The number of rotatable bonds is 4. The molecule has 1 amide bonds. The lowest BCUT2D eigenvalue weighted by Crippen LogP contribution is -2.12. The maximum Gasteiger partial charge on any atom is 0.337 e. The largest absolute Gasteiger partial charge is 0.478 e. The van der Waals surface area contributed by atoms with Crippen molar-refractivity contribution >= 4 is 17.6 Å². The number of aromatic carboxylic acids is 1. The molecule has 0 aliphatic carbocycles. The molecule has 2 aromatic carbocycles. The first-order chi connectivity index (χ1) is 9.90. The number of hydrogen-bond donors (Lipinski definition) is 3. The second-order valence-electron chi connectivity index (χ2n) is 4.47. The summed E-state index contributed by atoms with van der Waals surface area (Å²) in [7, 11) is 0. The van der Waals surface area contributed by atoms with Crippen molar-refractivity contribution in [2.45, 2.75) is 6.92 Å². The normalized spacial score (nSPS) is 10.1. The molecule has 0 bridgehead atoms. The Morgan fingerprint density at radius 1 is 1.14 bits per heavy atom. The minimum Gasteiger partial charge on any atom is -0.478 e. The van der Waals surface area contributed by atoms with Crippen LogP contribution in [-0.2, 0) is 0 Å². The Balaban J connectivity index is 2.46. The number of nitrogens with two attached hydrogens (primary N) is 2. The Morgan fingerprint density at radius 3 is 2.43 bits per heavy atom. The Bertz CT molecular complexity index is 726. The standard InChI is InChI=1S/C15H14N2O4/c1-8-6-9(7-11(13(8)16)15(19)20)21-12-5-3-2-4-10(12)14(17)18/h2-7H,16H2,1H3,(H2,17,18)(H,19,20). The average molecular weight is 286 g/mol. The number of anilines is 1. The van der Waals surface area contributed by atoms with Crippen LogP contribution in [0.15, 0.2) is 36.4 Å². The molecule has 6 nitrogen and oxygen atoms in total. The van der Waals surface area contributed by atoms with Gasteiger partial charge in [-0.2, -0.15) is 0 Å². The fourth-order valence-electron chi connectivity index (χ4n) is 1.89. The van der Waals surface area contributed by atoms with Crippen molar-refractivity contribution in [1.82, 2.24) is 0 Å². The first kappa shape index (κ1) is 14.4. The van der Waals surface area contributed by atoms with Gasteiger partial charge in [-0.3, -0.25) is 4.79 Å². The number of carboxylic acid groups (broad SMARTS) is 1. The van der Waals surface area contributed by atoms with Crippen molar-refractivity contribution in [3.63, 3.8) is 0 Å². The summed E-state index contributed by atoms with van der Waals surface area (Å²) in [6.07, 6.45) is 0. The number of nitrogen functional groups attached to an aromatic ring is 1. The molecule has 2 rings (SSSR count). The van der Waals surface area contributed by atoms with Gasteiger partial charge < -0.3 is 21.3 Å². The lowest BCUT2D eigenvalue weighted by Gasteiger charge is -2.12. The summed E-state index contributed by atoms with van der Waals surface area (Å²) >= 11 is 0. The van der Waals surface area contributed by atoms with Crippen LogP contribution in [0, 0.1) is 6.92 Å².